The summed E-state index contributed by atoms with van der Waals surface area (Å²) in [5.41, 5.74) is 2.31. The molecule has 3 aromatic rings. The Kier molecular flexibility index (Phi) is 6.99. The number of benzene rings is 1. The van der Waals surface area contributed by atoms with E-state index in [0.29, 0.717) is 65.7 Å². The van der Waals surface area contributed by atoms with Gasteiger partial charge in [-0.3, -0.25) is 4.98 Å². The number of aromatic nitrogens is 2. The van der Waals surface area contributed by atoms with Gasteiger partial charge in [0.2, 0.25) is 5.88 Å². The van der Waals surface area contributed by atoms with Gasteiger partial charge < -0.3 is 29.3 Å². The van der Waals surface area contributed by atoms with Crippen LogP contribution in [0.3, 0.4) is 0 Å². The first-order valence-electron chi connectivity index (χ1n) is 12.0. The van der Waals surface area contributed by atoms with Crippen LogP contribution in [-0.4, -0.2) is 71.1 Å². The number of halogens is 1. The zero-order valence-corrected chi connectivity index (χ0v) is 19.7. The van der Waals surface area contributed by atoms with Crippen LogP contribution in [0.2, 0.25) is 0 Å². The SMILES string of the molecule is COc1ccc2ncc(F)c(CCN3CCC(C(O)C(O)c4ccc5c(c4)OCCO5)CC3)c2n1. The molecule has 2 aliphatic heterocycles. The molecule has 0 radical (unpaired) electrons. The quantitative estimate of drug-likeness (QED) is 0.530. The fourth-order valence-electron chi connectivity index (χ4n) is 4.92. The minimum atomic E-state index is -0.999. The van der Waals surface area contributed by atoms with Gasteiger partial charge in [-0.05, 0) is 62.0 Å². The van der Waals surface area contributed by atoms with Crippen molar-refractivity contribution in [2.45, 2.75) is 31.5 Å². The van der Waals surface area contributed by atoms with Gasteiger partial charge in [-0.1, -0.05) is 6.07 Å². The normalized spacial score (nSPS) is 18.4. The van der Waals surface area contributed by atoms with Gasteiger partial charge in [-0.2, -0.15) is 0 Å². The fraction of sp³-hybridized carbons (Fsp3) is 0.462. The van der Waals surface area contributed by atoms with Gasteiger partial charge >= 0.3 is 0 Å². The monoisotopic (exact) mass is 483 g/mol. The number of rotatable bonds is 7. The van der Waals surface area contributed by atoms with Crippen LogP contribution in [0.1, 0.15) is 30.1 Å². The second-order valence-electron chi connectivity index (χ2n) is 9.07. The van der Waals surface area contributed by atoms with E-state index >= 15 is 0 Å². The van der Waals surface area contributed by atoms with Gasteiger partial charge in [-0.25, -0.2) is 9.37 Å². The molecular formula is C26H30FN3O5. The molecule has 2 N–H and O–H groups in total. The van der Waals surface area contributed by atoms with Crippen LogP contribution in [0.5, 0.6) is 17.4 Å². The first-order chi connectivity index (χ1) is 17.0. The number of aliphatic hydroxyl groups excluding tert-OH is 2. The molecule has 2 unspecified atom stereocenters. The van der Waals surface area contributed by atoms with E-state index in [1.165, 1.54) is 13.3 Å². The van der Waals surface area contributed by atoms with Gasteiger partial charge in [0.25, 0.3) is 0 Å². The molecule has 1 saturated heterocycles. The standard InChI is InChI=1S/C26H30FN3O5/c1-33-23-5-3-20-24(29-23)18(19(27)15-28-20)8-11-30-9-6-16(7-10-30)25(31)26(32)17-2-4-21-22(14-17)35-13-12-34-21/h2-5,14-16,25-26,31-32H,6-13H2,1H3. The summed E-state index contributed by atoms with van der Waals surface area (Å²) in [7, 11) is 1.53. The number of hydrogen-bond acceptors (Lipinski definition) is 8. The third-order valence-corrected chi connectivity index (χ3v) is 6.97. The largest absolute Gasteiger partial charge is 0.486 e. The second-order valence-corrected chi connectivity index (χ2v) is 9.07. The van der Waals surface area contributed by atoms with Crippen LogP contribution < -0.4 is 14.2 Å². The summed E-state index contributed by atoms with van der Waals surface area (Å²) < 4.78 is 30.9. The summed E-state index contributed by atoms with van der Waals surface area (Å²) in [4.78, 5) is 10.8. The van der Waals surface area contributed by atoms with Gasteiger partial charge in [0, 0.05) is 18.2 Å². The molecule has 1 aromatic carbocycles. The third kappa shape index (κ3) is 5.03. The van der Waals surface area contributed by atoms with E-state index in [1.54, 1.807) is 30.3 Å². The topological polar surface area (TPSA) is 97.2 Å². The van der Waals surface area contributed by atoms with Crippen molar-refractivity contribution in [1.29, 1.82) is 0 Å². The predicted molar refractivity (Wildman–Crippen MR) is 127 cm³/mol. The zero-order valence-electron chi connectivity index (χ0n) is 19.7. The van der Waals surface area contributed by atoms with Crippen molar-refractivity contribution in [3.63, 3.8) is 0 Å². The van der Waals surface area contributed by atoms with Gasteiger partial charge in [0.15, 0.2) is 11.5 Å². The number of pyridine rings is 2. The van der Waals surface area contributed by atoms with Crippen molar-refractivity contribution in [1.82, 2.24) is 14.9 Å². The number of aliphatic hydroxyl groups is 2. The molecule has 8 nitrogen and oxygen atoms in total. The van der Waals surface area contributed by atoms with E-state index in [2.05, 4.69) is 14.9 Å². The van der Waals surface area contributed by atoms with Gasteiger partial charge in [0.1, 0.15) is 25.1 Å². The molecule has 1 fully saturated rings. The first-order valence-corrected chi connectivity index (χ1v) is 12.0. The van der Waals surface area contributed by atoms with Crippen molar-refractivity contribution in [2.24, 2.45) is 5.92 Å². The maximum absolute atomic E-state index is 14.6. The average molecular weight is 484 g/mol. The Morgan fingerprint density at radius 2 is 1.89 bits per heavy atom. The fourth-order valence-corrected chi connectivity index (χ4v) is 4.92. The Morgan fingerprint density at radius 3 is 2.66 bits per heavy atom. The summed E-state index contributed by atoms with van der Waals surface area (Å²) in [6.45, 7) is 3.16. The lowest BCUT2D eigenvalue weighted by Gasteiger charge is -2.36. The lowest BCUT2D eigenvalue weighted by Crippen LogP contribution is -2.40. The molecule has 0 spiro atoms. The van der Waals surface area contributed by atoms with Crippen molar-refractivity contribution < 1.29 is 28.8 Å². The van der Waals surface area contributed by atoms with E-state index in [4.69, 9.17) is 14.2 Å². The Bertz CT molecular complexity index is 1190. The number of piperidine rings is 1. The summed E-state index contributed by atoms with van der Waals surface area (Å²) in [5.74, 6) is 1.28. The molecule has 2 aliphatic rings. The molecule has 2 aromatic heterocycles. The predicted octanol–water partition coefficient (Wildman–Crippen LogP) is 2.90. The van der Waals surface area contributed by atoms with E-state index in [0.717, 1.165) is 25.9 Å². The maximum atomic E-state index is 14.6. The Balaban J connectivity index is 1.18. The summed E-state index contributed by atoms with van der Waals surface area (Å²) in [6, 6.07) is 8.78. The number of fused-ring (bicyclic) bond motifs is 2. The van der Waals surface area contributed by atoms with Gasteiger partial charge in [0.05, 0.1) is 30.4 Å². The number of hydrogen-bond donors (Lipinski definition) is 2. The van der Waals surface area contributed by atoms with Crippen molar-refractivity contribution >= 4 is 11.0 Å². The minimum Gasteiger partial charge on any atom is -0.486 e. The van der Waals surface area contributed by atoms with Crippen molar-refractivity contribution in [2.75, 3.05) is 40.0 Å². The second kappa shape index (κ2) is 10.3. The van der Waals surface area contributed by atoms with Crippen LogP contribution in [-0.2, 0) is 6.42 Å². The van der Waals surface area contributed by atoms with E-state index < -0.39 is 12.2 Å². The molecule has 9 heteroatoms. The summed E-state index contributed by atoms with van der Waals surface area (Å²) in [6.07, 6.45) is 1.35. The lowest BCUT2D eigenvalue weighted by atomic mass is 9.86. The molecule has 0 bridgehead atoms. The molecule has 186 valence electrons. The highest BCUT2D eigenvalue weighted by atomic mass is 19.1. The number of nitrogens with zero attached hydrogens (tertiary/aromatic N) is 3. The zero-order chi connectivity index (χ0) is 24.4. The number of methoxy groups -OCH3 is 1. The van der Waals surface area contributed by atoms with E-state index in [9.17, 15) is 14.6 Å². The lowest BCUT2D eigenvalue weighted by molar-refractivity contribution is -0.0361. The first kappa shape index (κ1) is 23.7. The number of likely N-dealkylation sites (tertiary alicyclic amines) is 1. The molecule has 5 rings (SSSR count). The van der Waals surface area contributed by atoms with E-state index in [-0.39, 0.29) is 11.7 Å². The maximum Gasteiger partial charge on any atom is 0.213 e. The third-order valence-electron chi connectivity index (χ3n) is 6.97. The minimum absolute atomic E-state index is 0.0288. The highest BCUT2D eigenvalue weighted by Crippen LogP contribution is 2.35. The van der Waals surface area contributed by atoms with Crippen LogP contribution in [0, 0.1) is 11.7 Å². The highest BCUT2D eigenvalue weighted by molar-refractivity contribution is 5.78. The Labute approximate surface area is 203 Å². The van der Waals surface area contributed by atoms with Crippen molar-refractivity contribution in [3.8, 4) is 17.4 Å². The molecular weight excluding hydrogens is 453 g/mol. The van der Waals surface area contributed by atoms with E-state index in [1.807, 2.05) is 0 Å². The van der Waals surface area contributed by atoms with Gasteiger partial charge in [-0.15, -0.1) is 0 Å². The molecule has 0 aliphatic carbocycles. The van der Waals surface area contributed by atoms with Crippen LogP contribution in [0.4, 0.5) is 4.39 Å². The van der Waals surface area contributed by atoms with Crippen LogP contribution >= 0.6 is 0 Å². The molecule has 35 heavy (non-hydrogen) atoms. The Hall–Kier alpha value is -3.01. The Morgan fingerprint density at radius 1 is 1.11 bits per heavy atom. The summed E-state index contributed by atoms with van der Waals surface area (Å²) >= 11 is 0. The molecule has 2 atom stereocenters. The highest BCUT2D eigenvalue weighted by Gasteiger charge is 2.31. The smallest absolute Gasteiger partial charge is 0.213 e. The van der Waals surface area contributed by atoms with Crippen LogP contribution in [0.25, 0.3) is 11.0 Å². The molecule has 4 heterocycles. The molecule has 0 amide bonds. The summed E-state index contributed by atoms with van der Waals surface area (Å²) in [5, 5.41) is 21.7. The molecule has 0 saturated carbocycles. The van der Waals surface area contributed by atoms with Crippen LogP contribution in [0.15, 0.2) is 36.5 Å². The van der Waals surface area contributed by atoms with Crippen molar-refractivity contribution in [3.05, 3.63) is 53.5 Å². The number of ether oxygens (including phenoxy) is 3. The average Bonchev–Trinajstić information content (AvgIpc) is 2.91.